The van der Waals surface area contributed by atoms with Gasteiger partial charge in [-0.15, -0.1) is 22.7 Å². The molecule has 138 valence electrons. The maximum Gasteiger partial charge on any atom is 0.261 e. The van der Waals surface area contributed by atoms with Crippen LogP contribution in [0.5, 0.6) is 0 Å². The minimum absolute atomic E-state index is 0.00466. The molecule has 3 aromatic heterocycles. The summed E-state index contributed by atoms with van der Waals surface area (Å²) in [5.41, 5.74) is 1.32. The van der Waals surface area contributed by atoms with Crippen LogP contribution in [-0.2, 0) is 19.3 Å². The molecule has 0 bridgehead atoms. The summed E-state index contributed by atoms with van der Waals surface area (Å²) in [4.78, 5) is 26.8. The van der Waals surface area contributed by atoms with Crippen molar-refractivity contribution in [2.75, 3.05) is 25.5 Å². The quantitative estimate of drug-likeness (QED) is 0.626. The lowest BCUT2D eigenvalue weighted by Crippen LogP contribution is -2.23. The summed E-state index contributed by atoms with van der Waals surface area (Å²) < 4.78 is 1.08. The minimum atomic E-state index is 0.00466. The van der Waals surface area contributed by atoms with E-state index in [9.17, 15) is 4.79 Å². The average Bonchev–Trinajstić information content (AvgIpc) is 3.30. The molecule has 1 aliphatic carbocycles. The van der Waals surface area contributed by atoms with E-state index in [1.54, 1.807) is 11.3 Å². The number of aryl methyl sites for hydroxylation is 3. The maximum absolute atomic E-state index is 12.4. The molecule has 3 heterocycles. The van der Waals surface area contributed by atoms with Gasteiger partial charge >= 0.3 is 0 Å². The third-order valence-corrected chi connectivity index (χ3v) is 7.97. The summed E-state index contributed by atoms with van der Waals surface area (Å²) in [5, 5.41) is 5.24. The molecule has 0 atom stereocenters. The lowest BCUT2D eigenvalue weighted by Gasteiger charge is -2.06. The number of nitrogens with one attached hydrogen (secondary N) is 1. The molecule has 4 rings (SSSR count). The number of aromatic nitrogens is 2. The Morgan fingerprint density at radius 3 is 2.81 bits per heavy atom. The van der Waals surface area contributed by atoms with Gasteiger partial charge in [-0.2, -0.15) is 0 Å². The van der Waals surface area contributed by atoms with Crippen LogP contribution in [-0.4, -0.2) is 36.5 Å². The summed E-state index contributed by atoms with van der Waals surface area (Å²) in [6, 6.07) is 1.95. The van der Waals surface area contributed by atoms with Gasteiger partial charge < -0.3 is 10.2 Å². The zero-order valence-electron chi connectivity index (χ0n) is 15.0. The van der Waals surface area contributed by atoms with Crippen molar-refractivity contribution in [1.29, 1.82) is 0 Å². The van der Waals surface area contributed by atoms with Gasteiger partial charge in [0.1, 0.15) is 4.83 Å². The number of rotatable bonds is 6. The van der Waals surface area contributed by atoms with Gasteiger partial charge in [0, 0.05) is 31.9 Å². The van der Waals surface area contributed by atoms with Crippen molar-refractivity contribution in [3.05, 3.63) is 26.5 Å². The Bertz CT molecular complexity index is 869. The SMILES string of the molecule is CN(C)c1nc2sc(C(=O)NCCCc3nc4c(s3)CCCC4)cc2s1. The molecule has 1 N–H and O–H groups in total. The van der Waals surface area contributed by atoms with Gasteiger partial charge in [0.05, 0.1) is 20.3 Å². The number of anilines is 1. The lowest BCUT2D eigenvalue weighted by atomic mass is 10.0. The standard InChI is InChI=1S/C18H22N4OS3/c1-22(2)18-21-17-14(26-18)10-13(25-17)16(23)19-9-5-8-15-20-11-6-3-4-7-12(11)24-15/h10H,3-9H2,1-2H3,(H,19,23). The Hall–Kier alpha value is -1.51. The lowest BCUT2D eigenvalue weighted by molar-refractivity contribution is 0.0957. The van der Waals surface area contributed by atoms with E-state index < -0.39 is 0 Å². The molecule has 0 aliphatic heterocycles. The Kier molecular flexibility index (Phi) is 5.24. The van der Waals surface area contributed by atoms with E-state index in [0.29, 0.717) is 6.54 Å². The molecular weight excluding hydrogens is 384 g/mol. The van der Waals surface area contributed by atoms with E-state index in [0.717, 1.165) is 38.8 Å². The number of thiophene rings is 1. The van der Waals surface area contributed by atoms with Crippen LogP contribution >= 0.6 is 34.0 Å². The van der Waals surface area contributed by atoms with Crippen LogP contribution in [0.25, 0.3) is 9.53 Å². The number of thiazole rings is 2. The fraction of sp³-hybridized carbons (Fsp3) is 0.500. The normalized spacial score (nSPS) is 13.8. The number of carbonyl (C=O) groups is 1. The second-order valence-electron chi connectivity index (χ2n) is 6.71. The monoisotopic (exact) mass is 406 g/mol. The van der Waals surface area contributed by atoms with Gasteiger partial charge in [-0.3, -0.25) is 4.79 Å². The molecule has 26 heavy (non-hydrogen) atoms. The summed E-state index contributed by atoms with van der Waals surface area (Å²) in [7, 11) is 3.96. The highest BCUT2D eigenvalue weighted by Gasteiger charge is 2.16. The van der Waals surface area contributed by atoms with Crippen molar-refractivity contribution >= 4 is 54.6 Å². The van der Waals surface area contributed by atoms with Gasteiger partial charge in [0.15, 0.2) is 5.13 Å². The van der Waals surface area contributed by atoms with E-state index in [1.807, 2.05) is 36.4 Å². The number of nitrogens with zero attached hydrogens (tertiary/aromatic N) is 3. The first-order chi connectivity index (χ1) is 12.6. The summed E-state index contributed by atoms with van der Waals surface area (Å²) in [6.07, 6.45) is 6.79. The zero-order valence-corrected chi connectivity index (χ0v) is 17.5. The highest BCUT2D eigenvalue weighted by atomic mass is 32.1. The maximum atomic E-state index is 12.4. The highest BCUT2D eigenvalue weighted by molar-refractivity contribution is 7.29. The third-order valence-electron chi connectivity index (χ3n) is 4.43. The molecule has 0 aromatic carbocycles. The van der Waals surface area contributed by atoms with Crippen molar-refractivity contribution in [3.8, 4) is 0 Å². The zero-order chi connectivity index (χ0) is 18.1. The van der Waals surface area contributed by atoms with E-state index in [-0.39, 0.29) is 5.91 Å². The Morgan fingerprint density at radius 1 is 1.19 bits per heavy atom. The Labute approximate surface area is 165 Å². The average molecular weight is 407 g/mol. The van der Waals surface area contributed by atoms with Gasteiger partial charge in [-0.1, -0.05) is 11.3 Å². The van der Waals surface area contributed by atoms with E-state index in [1.165, 1.54) is 46.2 Å². The van der Waals surface area contributed by atoms with Crippen LogP contribution < -0.4 is 10.2 Å². The molecule has 0 saturated heterocycles. The molecule has 8 heteroatoms. The predicted octanol–water partition coefficient (Wildman–Crippen LogP) is 4.12. The van der Waals surface area contributed by atoms with Crippen LogP contribution in [0.1, 0.15) is 44.5 Å². The van der Waals surface area contributed by atoms with Crippen molar-refractivity contribution in [1.82, 2.24) is 15.3 Å². The number of hydrogen-bond donors (Lipinski definition) is 1. The predicted molar refractivity (Wildman–Crippen MR) is 111 cm³/mol. The molecule has 3 aromatic rings. The van der Waals surface area contributed by atoms with Crippen molar-refractivity contribution in [2.24, 2.45) is 0 Å². The smallest absolute Gasteiger partial charge is 0.261 e. The van der Waals surface area contributed by atoms with Crippen molar-refractivity contribution in [2.45, 2.75) is 38.5 Å². The number of amides is 1. The van der Waals surface area contributed by atoms with Crippen molar-refractivity contribution in [3.63, 3.8) is 0 Å². The van der Waals surface area contributed by atoms with Gasteiger partial charge in [0.2, 0.25) is 0 Å². The molecule has 1 amide bonds. The molecule has 0 radical (unpaired) electrons. The summed E-state index contributed by atoms with van der Waals surface area (Å²) in [5.74, 6) is 0.00466. The Balaban J connectivity index is 1.28. The van der Waals surface area contributed by atoms with Crippen LogP contribution in [0.3, 0.4) is 0 Å². The fourth-order valence-corrected chi connectivity index (χ4v) is 6.32. The summed E-state index contributed by atoms with van der Waals surface area (Å²) >= 11 is 4.95. The Morgan fingerprint density at radius 2 is 2.04 bits per heavy atom. The second kappa shape index (κ2) is 7.62. The third kappa shape index (κ3) is 3.77. The van der Waals surface area contributed by atoms with Crippen LogP contribution in [0, 0.1) is 0 Å². The molecular formula is C18H22N4OS3. The fourth-order valence-electron chi connectivity index (χ4n) is 3.07. The van der Waals surface area contributed by atoms with Crippen LogP contribution in [0.15, 0.2) is 6.07 Å². The molecule has 0 unspecified atom stereocenters. The van der Waals surface area contributed by atoms with Crippen LogP contribution in [0.2, 0.25) is 0 Å². The molecule has 0 fully saturated rings. The molecule has 0 spiro atoms. The first-order valence-corrected chi connectivity index (χ1v) is 11.4. The number of fused-ring (bicyclic) bond motifs is 2. The number of hydrogen-bond acceptors (Lipinski definition) is 7. The minimum Gasteiger partial charge on any atom is -0.354 e. The first kappa shape index (κ1) is 17.9. The molecule has 5 nitrogen and oxygen atoms in total. The van der Waals surface area contributed by atoms with E-state index in [2.05, 4.69) is 10.3 Å². The van der Waals surface area contributed by atoms with E-state index in [4.69, 9.17) is 4.98 Å². The molecule has 0 saturated carbocycles. The second-order valence-corrected chi connectivity index (χ2v) is 9.92. The van der Waals surface area contributed by atoms with Crippen LogP contribution in [0.4, 0.5) is 5.13 Å². The number of carbonyl (C=O) groups excluding carboxylic acids is 1. The van der Waals surface area contributed by atoms with Gasteiger partial charge in [0.25, 0.3) is 5.91 Å². The van der Waals surface area contributed by atoms with E-state index >= 15 is 0 Å². The van der Waals surface area contributed by atoms with Gasteiger partial charge in [-0.25, -0.2) is 9.97 Å². The first-order valence-electron chi connectivity index (χ1n) is 8.93. The topological polar surface area (TPSA) is 58.1 Å². The summed E-state index contributed by atoms with van der Waals surface area (Å²) in [6.45, 7) is 0.686. The highest BCUT2D eigenvalue weighted by Crippen LogP contribution is 2.33. The van der Waals surface area contributed by atoms with Crippen molar-refractivity contribution < 1.29 is 4.79 Å². The molecule has 1 aliphatic rings. The largest absolute Gasteiger partial charge is 0.354 e. The van der Waals surface area contributed by atoms with Gasteiger partial charge in [-0.05, 0) is 38.2 Å².